The van der Waals surface area contributed by atoms with Crippen LogP contribution in [0.5, 0.6) is 0 Å². The highest BCUT2D eigenvalue weighted by atomic mass is 15.6. The van der Waals surface area contributed by atoms with Crippen LogP contribution < -0.4 is 5.32 Å². The Kier molecular flexibility index (Phi) is 2.61. The van der Waals surface area contributed by atoms with E-state index < -0.39 is 0 Å². The van der Waals surface area contributed by atoms with Gasteiger partial charge in [-0.25, -0.2) is 0 Å². The molecular formula is C10H18N6. The Balaban J connectivity index is 1.55. The lowest BCUT2D eigenvalue weighted by Gasteiger charge is -2.45. The predicted octanol–water partition coefficient (Wildman–Crippen LogP) is -0.606. The van der Waals surface area contributed by atoms with E-state index in [2.05, 4.69) is 25.6 Å². The molecule has 0 radical (unpaired) electrons. The summed E-state index contributed by atoms with van der Waals surface area (Å²) in [4.78, 5) is 4.05. The Morgan fingerprint density at radius 1 is 1.38 bits per heavy atom. The third-order valence-electron chi connectivity index (χ3n) is 3.73. The van der Waals surface area contributed by atoms with Crippen molar-refractivity contribution in [3.63, 3.8) is 0 Å². The maximum atomic E-state index is 4.18. The molecule has 0 saturated carbocycles. The molecule has 1 aromatic heterocycles. The summed E-state index contributed by atoms with van der Waals surface area (Å²) in [6, 6.07) is 0.617. The zero-order valence-corrected chi connectivity index (χ0v) is 9.63. The van der Waals surface area contributed by atoms with Crippen molar-refractivity contribution in [2.45, 2.75) is 25.4 Å². The number of aromatic nitrogens is 4. The lowest BCUT2D eigenvalue weighted by Crippen LogP contribution is -2.55. The average molecular weight is 222 g/mol. The molecule has 6 nitrogen and oxygen atoms in total. The maximum absolute atomic E-state index is 4.18. The first-order valence-electron chi connectivity index (χ1n) is 6.00. The quantitative estimate of drug-likeness (QED) is 0.739. The molecule has 88 valence electrons. The maximum Gasteiger partial charge on any atom is 0.188 e. The molecule has 4 rings (SSSR count). The van der Waals surface area contributed by atoms with Gasteiger partial charge in [-0.15, -0.1) is 10.2 Å². The van der Waals surface area contributed by atoms with Gasteiger partial charge in [0.25, 0.3) is 0 Å². The SMILES string of the molecule is Cn1nnc(CNC2CN3CCC2CC3)n1. The minimum absolute atomic E-state index is 0.617. The van der Waals surface area contributed by atoms with Crippen LogP contribution >= 0.6 is 0 Å². The number of tetrazole rings is 1. The molecule has 3 aliphatic heterocycles. The van der Waals surface area contributed by atoms with Crippen LogP contribution in [0.15, 0.2) is 0 Å². The summed E-state index contributed by atoms with van der Waals surface area (Å²) < 4.78 is 0. The molecule has 6 heteroatoms. The minimum atomic E-state index is 0.617. The fraction of sp³-hybridized carbons (Fsp3) is 0.900. The molecule has 0 aromatic carbocycles. The van der Waals surface area contributed by atoms with Crippen molar-refractivity contribution in [2.24, 2.45) is 13.0 Å². The summed E-state index contributed by atoms with van der Waals surface area (Å²) >= 11 is 0. The van der Waals surface area contributed by atoms with Crippen molar-refractivity contribution in [1.82, 2.24) is 30.4 Å². The van der Waals surface area contributed by atoms with E-state index in [4.69, 9.17) is 0 Å². The van der Waals surface area contributed by atoms with E-state index in [1.54, 1.807) is 7.05 Å². The Hall–Kier alpha value is -1.01. The standard InChI is InChI=1S/C10H18N6/c1-15-13-10(12-14-15)6-11-9-7-16-4-2-8(9)3-5-16/h8-9,11H,2-7H2,1H3. The van der Waals surface area contributed by atoms with Gasteiger partial charge in [-0.1, -0.05) is 0 Å². The van der Waals surface area contributed by atoms with Crippen LogP contribution in [0.2, 0.25) is 0 Å². The fourth-order valence-corrected chi connectivity index (χ4v) is 2.81. The van der Waals surface area contributed by atoms with Gasteiger partial charge < -0.3 is 10.2 Å². The van der Waals surface area contributed by atoms with Gasteiger partial charge in [-0.05, 0) is 37.1 Å². The highest BCUT2D eigenvalue weighted by molar-refractivity contribution is 4.92. The first kappa shape index (κ1) is 10.2. The average Bonchev–Trinajstić information content (AvgIpc) is 2.74. The van der Waals surface area contributed by atoms with Gasteiger partial charge >= 0.3 is 0 Å². The molecular weight excluding hydrogens is 204 g/mol. The Morgan fingerprint density at radius 2 is 2.19 bits per heavy atom. The molecule has 1 unspecified atom stereocenters. The van der Waals surface area contributed by atoms with Gasteiger partial charge in [0.05, 0.1) is 13.6 Å². The largest absolute Gasteiger partial charge is 0.305 e. The lowest BCUT2D eigenvalue weighted by molar-refractivity contribution is 0.0716. The summed E-state index contributed by atoms with van der Waals surface area (Å²) in [6.07, 6.45) is 2.68. The van der Waals surface area contributed by atoms with Crippen LogP contribution in [0.1, 0.15) is 18.7 Å². The molecule has 3 aliphatic rings. The Labute approximate surface area is 95.0 Å². The molecule has 3 saturated heterocycles. The van der Waals surface area contributed by atoms with E-state index in [1.807, 2.05) is 0 Å². The van der Waals surface area contributed by atoms with Crippen LogP contribution in [0, 0.1) is 5.92 Å². The number of rotatable bonds is 3. The normalized spacial score (nSPS) is 33.2. The van der Waals surface area contributed by atoms with Gasteiger partial charge in [-0.2, -0.15) is 4.80 Å². The smallest absolute Gasteiger partial charge is 0.188 e. The van der Waals surface area contributed by atoms with Crippen molar-refractivity contribution in [1.29, 1.82) is 0 Å². The van der Waals surface area contributed by atoms with E-state index in [0.717, 1.165) is 18.3 Å². The summed E-state index contributed by atoms with van der Waals surface area (Å²) in [7, 11) is 1.80. The topological polar surface area (TPSA) is 58.9 Å². The number of hydrogen-bond acceptors (Lipinski definition) is 5. The van der Waals surface area contributed by atoms with Gasteiger partial charge in [0, 0.05) is 12.6 Å². The van der Waals surface area contributed by atoms with Gasteiger partial charge in [0.2, 0.25) is 0 Å². The van der Waals surface area contributed by atoms with Crippen molar-refractivity contribution in [3.05, 3.63) is 5.82 Å². The number of fused-ring (bicyclic) bond motifs is 3. The molecule has 16 heavy (non-hydrogen) atoms. The van der Waals surface area contributed by atoms with Crippen molar-refractivity contribution >= 4 is 0 Å². The van der Waals surface area contributed by atoms with Crippen LogP contribution in [-0.2, 0) is 13.6 Å². The zero-order chi connectivity index (χ0) is 11.0. The molecule has 1 N–H and O–H groups in total. The Morgan fingerprint density at radius 3 is 2.75 bits per heavy atom. The first-order chi connectivity index (χ1) is 7.81. The van der Waals surface area contributed by atoms with Crippen LogP contribution in [0.25, 0.3) is 0 Å². The summed E-state index contributed by atoms with van der Waals surface area (Å²) in [5.74, 6) is 1.64. The highest BCUT2D eigenvalue weighted by Crippen LogP contribution is 2.27. The Bertz CT molecular complexity index is 354. The molecule has 1 aromatic rings. The molecule has 4 heterocycles. The van der Waals surface area contributed by atoms with Crippen LogP contribution in [-0.4, -0.2) is 50.8 Å². The first-order valence-corrected chi connectivity index (χ1v) is 6.00. The monoisotopic (exact) mass is 222 g/mol. The molecule has 1 atom stereocenters. The lowest BCUT2D eigenvalue weighted by atomic mass is 9.84. The second-order valence-electron chi connectivity index (χ2n) is 4.82. The number of hydrogen-bond donors (Lipinski definition) is 1. The minimum Gasteiger partial charge on any atom is -0.305 e. The van der Waals surface area contributed by atoms with E-state index >= 15 is 0 Å². The van der Waals surface area contributed by atoms with Gasteiger partial charge in [-0.3, -0.25) is 0 Å². The molecule has 0 spiro atoms. The van der Waals surface area contributed by atoms with Crippen molar-refractivity contribution in [2.75, 3.05) is 19.6 Å². The summed E-state index contributed by atoms with van der Waals surface area (Å²) in [5, 5.41) is 15.6. The summed E-state index contributed by atoms with van der Waals surface area (Å²) in [5.41, 5.74) is 0. The number of nitrogens with one attached hydrogen (secondary N) is 1. The highest BCUT2D eigenvalue weighted by Gasteiger charge is 2.33. The van der Waals surface area contributed by atoms with Crippen LogP contribution in [0.4, 0.5) is 0 Å². The van der Waals surface area contributed by atoms with Crippen LogP contribution in [0.3, 0.4) is 0 Å². The predicted molar refractivity (Wildman–Crippen MR) is 58.6 cm³/mol. The molecule has 2 bridgehead atoms. The van der Waals surface area contributed by atoms with E-state index in [9.17, 15) is 0 Å². The third kappa shape index (κ3) is 1.94. The number of piperidine rings is 3. The van der Waals surface area contributed by atoms with Gasteiger partial charge in [0.15, 0.2) is 5.82 Å². The second-order valence-corrected chi connectivity index (χ2v) is 4.82. The number of nitrogens with zero attached hydrogens (tertiary/aromatic N) is 5. The van der Waals surface area contributed by atoms with E-state index in [0.29, 0.717) is 6.04 Å². The summed E-state index contributed by atoms with van der Waals surface area (Å²) in [6.45, 7) is 4.49. The second kappa shape index (κ2) is 4.10. The van der Waals surface area contributed by atoms with E-state index in [1.165, 1.54) is 37.3 Å². The van der Waals surface area contributed by atoms with Crippen molar-refractivity contribution < 1.29 is 0 Å². The molecule has 3 fully saturated rings. The third-order valence-corrected chi connectivity index (χ3v) is 3.73. The van der Waals surface area contributed by atoms with Gasteiger partial charge in [0.1, 0.15) is 0 Å². The number of aryl methyl sites for hydroxylation is 1. The zero-order valence-electron chi connectivity index (χ0n) is 9.63. The van der Waals surface area contributed by atoms with E-state index in [-0.39, 0.29) is 0 Å². The molecule has 0 amide bonds. The van der Waals surface area contributed by atoms with Crippen molar-refractivity contribution in [3.8, 4) is 0 Å². The fourth-order valence-electron chi connectivity index (χ4n) is 2.81. The molecule has 0 aliphatic carbocycles.